The summed E-state index contributed by atoms with van der Waals surface area (Å²) in [6.45, 7) is 0.238. The number of fused-ring (bicyclic) bond motifs is 1. The Balaban J connectivity index is 1.39. The Kier molecular flexibility index (Phi) is 7.92. The van der Waals surface area contributed by atoms with Crippen molar-refractivity contribution < 1.29 is 37.0 Å². The largest absolute Gasteiger partial charge is 0.490 e. The third-order valence-corrected chi connectivity index (χ3v) is 5.71. The molecule has 6 nitrogen and oxygen atoms in total. The number of halogens is 3. The van der Waals surface area contributed by atoms with Gasteiger partial charge in [-0.25, -0.2) is 18.0 Å². The number of nitrogens with zero attached hydrogens (tertiary/aromatic N) is 1. The average Bonchev–Trinajstić information content (AvgIpc) is 3.38. The number of rotatable bonds is 8. The number of benzene rings is 2. The lowest BCUT2D eigenvalue weighted by Gasteiger charge is -2.34. The van der Waals surface area contributed by atoms with Crippen LogP contribution in [-0.2, 0) is 22.6 Å². The molecule has 0 saturated carbocycles. The number of allylic oxidation sites excluding steroid dienone is 2. The summed E-state index contributed by atoms with van der Waals surface area (Å²) < 4.78 is 51.1. The molecule has 2 heterocycles. The van der Waals surface area contributed by atoms with Gasteiger partial charge in [-0.05, 0) is 53.6 Å². The number of aliphatic carboxylic acids is 1. The molecule has 1 aliphatic rings. The minimum atomic E-state index is -1.09. The van der Waals surface area contributed by atoms with Crippen LogP contribution in [0.25, 0.3) is 12.2 Å². The zero-order valence-corrected chi connectivity index (χ0v) is 19.4. The third kappa shape index (κ3) is 6.38. The van der Waals surface area contributed by atoms with Gasteiger partial charge in [0.25, 0.3) is 0 Å². The number of carboxylic acid groups (broad SMARTS) is 1. The highest BCUT2D eigenvalue weighted by atomic mass is 19.1. The molecular formula is C28H22F3NO5. The number of carbonyl (C=O) groups excluding carboxylic acids is 1. The first-order chi connectivity index (χ1) is 17.8. The fourth-order valence-corrected chi connectivity index (χ4v) is 3.88. The highest BCUT2D eigenvalue weighted by Crippen LogP contribution is 2.28. The van der Waals surface area contributed by atoms with Crippen molar-refractivity contribution in [3.63, 3.8) is 0 Å². The monoisotopic (exact) mass is 509 g/mol. The first-order valence-corrected chi connectivity index (χ1v) is 11.3. The maximum Gasteiger partial charge on any atom is 0.326 e. The van der Waals surface area contributed by atoms with E-state index in [2.05, 4.69) is 0 Å². The van der Waals surface area contributed by atoms with Crippen LogP contribution in [-0.4, -0.2) is 34.5 Å². The second-order valence-corrected chi connectivity index (χ2v) is 8.18. The summed E-state index contributed by atoms with van der Waals surface area (Å²) in [5.41, 5.74) is 1.22. The Hall–Kier alpha value is -4.53. The van der Waals surface area contributed by atoms with E-state index in [4.69, 9.17) is 9.15 Å². The summed E-state index contributed by atoms with van der Waals surface area (Å²) >= 11 is 0. The van der Waals surface area contributed by atoms with Crippen molar-refractivity contribution in [3.05, 3.63) is 113 Å². The van der Waals surface area contributed by atoms with E-state index in [0.29, 0.717) is 23.6 Å². The quantitative estimate of drug-likeness (QED) is 0.325. The molecule has 0 unspecified atom stereocenters. The van der Waals surface area contributed by atoms with Gasteiger partial charge in [0.05, 0.1) is 6.26 Å². The van der Waals surface area contributed by atoms with Crippen molar-refractivity contribution in [2.45, 2.75) is 19.0 Å². The first-order valence-electron chi connectivity index (χ1n) is 11.3. The van der Waals surface area contributed by atoms with E-state index in [1.54, 1.807) is 36.4 Å². The van der Waals surface area contributed by atoms with Crippen molar-refractivity contribution in [2.75, 3.05) is 6.61 Å². The Bertz CT molecular complexity index is 1360. The Labute approximate surface area is 210 Å². The lowest BCUT2D eigenvalue weighted by atomic mass is 9.93. The molecule has 3 aromatic rings. The molecule has 37 heavy (non-hydrogen) atoms. The smallest absolute Gasteiger partial charge is 0.326 e. The number of hydrogen-bond acceptors (Lipinski definition) is 4. The number of carbonyl (C=O) groups is 2. The fourth-order valence-electron chi connectivity index (χ4n) is 3.88. The predicted molar refractivity (Wildman–Crippen MR) is 130 cm³/mol. The van der Waals surface area contributed by atoms with E-state index in [-0.39, 0.29) is 25.1 Å². The fraction of sp³-hybridized carbons (Fsp3) is 0.143. The summed E-state index contributed by atoms with van der Waals surface area (Å²) in [6, 6.07) is 8.79. The molecule has 0 aliphatic carbocycles. The lowest BCUT2D eigenvalue weighted by Crippen LogP contribution is -2.48. The summed E-state index contributed by atoms with van der Waals surface area (Å²) in [7, 11) is 0. The van der Waals surface area contributed by atoms with Gasteiger partial charge in [0.2, 0.25) is 5.91 Å². The van der Waals surface area contributed by atoms with E-state index >= 15 is 0 Å². The van der Waals surface area contributed by atoms with Crippen LogP contribution in [0.5, 0.6) is 5.75 Å². The van der Waals surface area contributed by atoms with Crippen LogP contribution in [0, 0.1) is 17.5 Å². The molecule has 9 heteroatoms. The van der Waals surface area contributed by atoms with Gasteiger partial charge in [-0.1, -0.05) is 18.2 Å². The Morgan fingerprint density at radius 2 is 1.84 bits per heavy atom. The van der Waals surface area contributed by atoms with Crippen LogP contribution >= 0.6 is 0 Å². The Morgan fingerprint density at radius 1 is 1.05 bits per heavy atom. The molecule has 190 valence electrons. The molecule has 1 aliphatic heterocycles. The minimum absolute atomic E-state index is 0.0954. The molecule has 0 saturated heterocycles. The van der Waals surface area contributed by atoms with E-state index < -0.39 is 35.4 Å². The van der Waals surface area contributed by atoms with Crippen molar-refractivity contribution in [1.82, 2.24) is 4.90 Å². The van der Waals surface area contributed by atoms with Crippen LogP contribution in [0.2, 0.25) is 0 Å². The van der Waals surface area contributed by atoms with Gasteiger partial charge in [0.15, 0.2) is 0 Å². The van der Waals surface area contributed by atoms with Gasteiger partial charge >= 0.3 is 5.97 Å². The van der Waals surface area contributed by atoms with Crippen LogP contribution in [0.4, 0.5) is 13.2 Å². The number of furan rings is 1. The van der Waals surface area contributed by atoms with E-state index in [1.165, 1.54) is 41.5 Å². The topological polar surface area (TPSA) is 80.0 Å². The summed E-state index contributed by atoms with van der Waals surface area (Å²) in [5, 5.41) is 9.66. The molecule has 0 bridgehead atoms. The molecule has 0 radical (unpaired) electrons. The predicted octanol–water partition coefficient (Wildman–Crippen LogP) is 5.40. The molecular weight excluding hydrogens is 487 g/mol. The summed E-state index contributed by atoms with van der Waals surface area (Å²) in [6.07, 6.45) is 10.1. The van der Waals surface area contributed by atoms with Crippen LogP contribution < -0.4 is 4.74 Å². The molecule has 1 atom stereocenters. The van der Waals surface area contributed by atoms with Gasteiger partial charge in [-0.3, -0.25) is 4.79 Å². The lowest BCUT2D eigenvalue weighted by molar-refractivity contribution is -0.149. The second kappa shape index (κ2) is 11.5. The normalized spacial score (nSPS) is 15.5. The van der Waals surface area contributed by atoms with Gasteiger partial charge in [-0.15, -0.1) is 0 Å². The molecule has 1 aromatic heterocycles. The standard InChI is InChI=1S/C28H22F3NO5/c29-20-15-24(30)23(25(31)16-20)6-2-1-3-11-37-22-8-7-18-14-26(28(34)35)32(17-19(18)13-22)27(33)10-9-21-5-4-12-36-21/h1-10,12-13,15-16,26H,11,14,17H2,(H,34,35)/b3-1+,6-2+,10-9+/t26-/m0/s1. The van der Waals surface area contributed by atoms with Gasteiger partial charge in [0.1, 0.15) is 41.6 Å². The molecule has 0 spiro atoms. The van der Waals surface area contributed by atoms with Gasteiger partial charge < -0.3 is 19.2 Å². The minimum Gasteiger partial charge on any atom is -0.490 e. The van der Waals surface area contributed by atoms with Crippen LogP contribution in [0.15, 0.2) is 77.4 Å². The highest BCUT2D eigenvalue weighted by Gasteiger charge is 2.34. The van der Waals surface area contributed by atoms with Gasteiger partial charge in [-0.2, -0.15) is 0 Å². The van der Waals surface area contributed by atoms with Gasteiger partial charge in [0, 0.05) is 36.7 Å². The number of ether oxygens (including phenoxy) is 1. The molecule has 2 aromatic carbocycles. The molecule has 1 amide bonds. The van der Waals surface area contributed by atoms with E-state index in [0.717, 1.165) is 11.1 Å². The third-order valence-electron chi connectivity index (χ3n) is 5.71. The zero-order chi connectivity index (χ0) is 26.4. The summed E-state index contributed by atoms with van der Waals surface area (Å²) in [5.74, 6) is -3.55. The maximum atomic E-state index is 13.7. The first kappa shape index (κ1) is 25.6. The second-order valence-electron chi connectivity index (χ2n) is 8.18. The van der Waals surface area contributed by atoms with E-state index in [9.17, 15) is 27.9 Å². The maximum absolute atomic E-state index is 13.7. The van der Waals surface area contributed by atoms with Crippen LogP contribution in [0.3, 0.4) is 0 Å². The summed E-state index contributed by atoms with van der Waals surface area (Å²) in [4.78, 5) is 25.9. The van der Waals surface area contributed by atoms with Crippen molar-refractivity contribution in [2.24, 2.45) is 0 Å². The zero-order valence-electron chi connectivity index (χ0n) is 19.4. The van der Waals surface area contributed by atoms with Crippen LogP contribution in [0.1, 0.15) is 22.5 Å². The molecule has 4 rings (SSSR count). The highest BCUT2D eigenvalue weighted by molar-refractivity contribution is 5.94. The Morgan fingerprint density at radius 3 is 2.54 bits per heavy atom. The average molecular weight is 509 g/mol. The number of carboxylic acids is 1. The van der Waals surface area contributed by atoms with E-state index in [1.807, 2.05) is 0 Å². The van der Waals surface area contributed by atoms with Crippen molar-refractivity contribution in [1.29, 1.82) is 0 Å². The number of amides is 1. The molecule has 0 fully saturated rings. The van der Waals surface area contributed by atoms with Crippen molar-refractivity contribution in [3.8, 4) is 5.75 Å². The number of hydrogen-bond donors (Lipinski definition) is 1. The van der Waals surface area contributed by atoms with Crippen molar-refractivity contribution >= 4 is 24.0 Å². The molecule has 1 N–H and O–H groups in total. The SMILES string of the molecule is O=C(O)[C@@H]1Cc2ccc(OC/C=C/C=C/c3c(F)cc(F)cc3F)cc2CN1C(=O)/C=C/c1ccco1.